The summed E-state index contributed by atoms with van der Waals surface area (Å²) in [6.07, 6.45) is 0.846. The Morgan fingerprint density at radius 1 is 1.32 bits per heavy atom. The average molecular weight is 288 g/mol. The molecule has 2 rings (SSSR count). The van der Waals surface area contributed by atoms with Crippen LogP contribution in [0, 0.1) is 11.3 Å². The summed E-state index contributed by atoms with van der Waals surface area (Å²) in [7, 11) is -2.75. The molecule has 2 aliphatic rings. The lowest BCUT2D eigenvalue weighted by Gasteiger charge is -2.44. The monoisotopic (exact) mass is 288 g/mol. The highest BCUT2D eigenvalue weighted by molar-refractivity contribution is 7.91. The van der Waals surface area contributed by atoms with E-state index in [1.165, 1.54) is 0 Å². The van der Waals surface area contributed by atoms with Gasteiger partial charge in [0.05, 0.1) is 11.5 Å². The number of hydrogen-bond donors (Lipinski definition) is 1. The maximum absolute atomic E-state index is 11.6. The highest BCUT2D eigenvalue weighted by Crippen LogP contribution is 2.26. The number of nitrogens with zero attached hydrogens (tertiary/aromatic N) is 1. The first-order chi connectivity index (χ1) is 8.67. The largest absolute Gasteiger partial charge is 0.311 e. The van der Waals surface area contributed by atoms with Crippen molar-refractivity contribution in [2.75, 3.05) is 31.1 Å². The molecule has 3 unspecified atom stereocenters. The van der Waals surface area contributed by atoms with Crippen molar-refractivity contribution < 1.29 is 8.42 Å². The van der Waals surface area contributed by atoms with Crippen molar-refractivity contribution in [3.63, 3.8) is 0 Å². The van der Waals surface area contributed by atoms with E-state index in [2.05, 4.69) is 37.9 Å². The van der Waals surface area contributed by atoms with Crippen molar-refractivity contribution >= 4 is 9.84 Å². The molecule has 3 atom stereocenters. The maximum atomic E-state index is 11.6. The summed E-state index contributed by atoms with van der Waals surface area (Å²) >= 11 is 0. The van der Waals surface area contributed by atoms with Gasteiger partial charge in [0.2, 0.25) is 0 Å². The molecule has 0 aliphatic carbocycles. The predicted molar refractivity (Wildman–Crippen MR) is 79.0 cm³/mol. The molecule has 1 N–H and O–H groups in total. The molecule has 19 heavy (non-hydrogen) atoms. The van der Waals surface area contributed by atoms with E-state index >= 15 is 0 Å². The van der Waals surface area contributed by atoms with Crippen LogP contribution in [-0.2, 0) is 9.84 Å². The van der Waals surface area contributed by atoms with Crippen molar-refractivity contribution in [2.24, 2.45) is 11.3 Å². The zero-order valence-corrected chi connectivity index (χ0v) is 13.5. The van der Waals surface area contributed by atoms with E-state index in [-0.39, 0.29) is 5.41 Å². The van der Waals surface area contributed by atoms with Gasteiger partial charge in [-0.2, -0.15) is 0 Å². The number of nitrogens with one attached hydrogen (secondary N) is 1. The summed E-state index contributed by atoms with van der Waals surface area (Å²) in [4.78, 5) is 2.48. The van der Waals surface area contributed by atoms with E-state index in [9.17, 15) is 8.42 Å². The third kappa shape index (κ3) is 3.92. The Kier molecular flexibility index (Phi) is 4.29. The van der Waals surface area contributed by atoms with Gasteiger partial charge in [0, 0.05) is 31.7 Å². The van der Waals surface area contributed by atoms with Crippen LogP contribution in [0.3, 0.4) is 0 Å². The molecular weight excluding hydrogens is 260 g/mol. The van der Waals surface area contributed by atoms with Crippen molar-refractivity contribution in [3.05, 3.63) is 0 Å². The number of piperazine rings is 1. The smallest absolute Gasteiger partial charge is 0.150 e. The second-order valence-corrected chi connectivity index (χ2v) is 9.63. The fourth-order valence-electron chi connectivity index (χ4n) is 3.10. The second-order valence-electron chi connectivity index (χ2n) is 7.40. The highest BCUT2D eigenvalue weighted by Gasteiger charge is 2.35. The molecule has 2 aliphatic heterocycles. The topological polar surface area (TPSA) is 49.4 Å². The lowest BCUT2D eigenvalue weighted by atomic mass is 9.84. The molecule has 2 saturated heterocycles. The zero-order valence-electron chi connectivity index (χ0n) is 12.6. The summed E-state index contributed by atoms with van der Waals surface area (Å²) in [6, 6.07) is 0.989. The lowest BCUT2D eigenvalue weighted by molar-refractivity contribution is 0.0826. The van der Waals surface area contributed by atoms with Crippen LogP contribution in [0.5, 0.6) is 0 Å². The quantitative estimate of drug-likeness (QED) is 0.827. The van der Waals surface area contributed by atoms with Gasteiger partial charge >= 0.3 is 0 Å². The Labute approximate surface area is 117 Å². The minimum atomic E-state index is -2.75. The van der Waals surface area contributed by atoms with E-state index in [4.69, 9.17) is 0 Å². The summed E-state index contributed by atoms with van der Waals surface area (Å²) in [5, 5.41) is 3.62. The van der Waals surface area contributed by atoms with Crippen LogP contribution in [0.1, 0.15) is 34.1 Å². The molecule has 0 aromatic heterocycles. The van der Waals surface area contributed by atoms with Gasteiger partial charge < -0.3 is 5.32 Å². The van der Waals surface area contributed by atoms with Gasteiger partial charge in [-0.1, -0.05) is 20.8 Å². The molecule has 2 fully saturated rings. The van der Waals surface area contributed by atoms with Gasteiger partial charge in [0.25, 0.3) is 0 Å². The van der Waals surface area contributed by atoms with Gasteiger partial charge in [-0.15, -0.1) is 0 Å². The van der Waals surface area contributed by atoms with E-state index in [0.29, 0.717) is 29.5 Å². The van der Waals surface area contributed by atoms with E-state index in [0.717, 1.165) is 26.1 Å². The number of sulfone groups is 1. The zero-order chi connectivity index (χ0) is 14.3. The summed E-state index contributed by atoms with van der Waals surface area (Å²) in [6.45, 7) is 12.0. The Morgan fingerprint density at radius 3 is 2.53 bits per heavy atom. The van der Waals surface area contributed by atoms with Crippen LogP contribution in [0.4, 0.5) is 0 Å². The minimum absolute atomic E-state index is 0.250. The minimum Gasteiger partial charge on any atom is -0.311 e. The Hall–Kier alpha value is -0.130. The second kappa shape index (κ2) is 5.34. The first-order valence-corrected chi connectivity index (χ1v) is 9.17. The van der Waals surface area contributed by atoms with E-state index in [1.807, 2.05) is 0 Å². The van der Waals surface area contributed by atoms with E-state index in [1.54, 1.807) is 0 Å². The normalized spacial score (nSPS) is 36.5. The average Bonchev–Trinajstić information content (AvgIpc) is 2.60. The molecule has 2 heterocycles. The molecule has 0 saturated carbocycles. The third-order valence-corrected chi connectivity index (χ3v) is 6.40. The van der Waals surface area contributed by atoms with Gasteiger partial charge in [0.1, 0.15) is 0 Å². The SMILES string of the molecule is CC1CNC(C(C)(C)C)CN1CC1CCS(=O)(=O)C1. The molecule has 0 spiro atoms. The van der Waals surface area contributed by atoms with Crippen LogP contribution < -0.4 is 5.32 Å². The third-order valence-electron chi connectivity index (χ3n) is 4.56. The molecule has 0 aromatic carbocycles. The first-order valence-electron chi connectivity index (χ1n) is 7.35. The van der Waals surface area contributed by atoms with Crippen molar-refractivity contribution in [1.29, 1.82) is 0 Å². The van der Waals surface area contributed by atoms with Crippen LogP contribution in [0.15, 0.2) is 0 Å². The fourth-order valence-corrected chi connectivity index (χ4v) is 4.95. The molecule has 4 nitrogen and oxygen atoms in total. The van der Waals surface area contributed by atoms with E-state index < -0.39 is 9.84 Å². The summed E-state index contributed by atoms with van der Waals surface area (Å²) in [5.41, 5.74) is 0.250. The Morgan fingerprint density at radius 2 is 2.00 bits per heavy atom. The van der Waals surface area contributed by atoms with Crippen LogP contribution in [-0.4, -0.2) is 56.5 Å². The molecule has 5 heteroatoms. The molecule has 0 bridgehead atoms. The maximum Gasteiger partial charge on any atom is 0.150 e. The van der Waals surface area contributed by atoms with Crippen LogP contribution in [0.2, 0.25) is 0 Å². The molecule has 0 radical (unpaired) electrons. The van der Waals surface area contributed by atoms with Gasteiger partial charge in [-0.25, -0.2) is 8.42 Å². The van der Waals surface area contributed by atoms with Crippen molar-refractivity contribution in [1.82, 2.24) is 10.2 Å². The lowest BCUT2D eigenvalue weighted by Crippen LogP contribution is -2.60. The molecule has 112 valence electrons. The Balaban J connectivity index is 1.95. The highest BCUT2D eigenvalue weighted by atomic mass is 32.2. The van der Waals surface area contributed by atoms with Crippen LogP contribution >= 0.6 is 0 Å². The fraction of sp³-hybridized carbons (Fsp3) is 1.00. The number of hydrogen-bond acceptors (Lipinski definition) is 4. The first kappa shape index (κ1) is 15.3. The molecular formula is C14H28N2O2S. The van der Waals surface area contributed by atoms with Crippen molar-refractivity contribution in [3.8, 4) is 0 Å². The predicted octanol–water partition coefficient (Wildman–Crippen LogP) is 1.13. The summed E-state index contributed by atoms with van der Waals surface area (Å²) < 4.78 is 23.1. The van der Waals surface area contributed by atoms with Gasteiger partial charge in [-0.3, -0.25) is 4.90 Å². The van der Waals surface area contributed by atoms with Gasteiger partial charge in [-0.05, 0) is 24.7 Å². The van der Waals surface area contributed by atoms with Gasteiger partial charge in [0.15, 0.2) is 9.84 Å². The summed E-state index contributed by atoms with van der Waals surface area (Å²) in [5.74, 6) is 1.12. The standard InChI is InChI=1S/C14H28N2O2S/c1-11-7-15-13(14(2,3)4)9-16(11)8-12-5-6-19(17,18)10-12/h11-13,15H,5-10H2,1-4H3. The Bertz CT molecular complexity index is 414. The molecule has 0 amide bonds. The molecule has 0 aromatic rings. The van der Waals surface area contributed by atoms with Crippen LogP contribution in [0.25, 0.3) is 0 Å². The van der Waals surface area contributed by atoms with Crippen molar-refractivity contribution in [2.45, 2.75) is 46.2 Å². The number of rotatable bonds is 2.